The minimum atomic E-state index is 0.708. The van der Waals surface area contributed by atoms with Crippen LogP contribution in [0.1, 0.15) is 0 Å². The summed E-state index contributed by atoms with van der Waals surface area (Å²) in [7, 11) is 0. The molecule has 0 atom stereocenters. The third kappa shape index (κ3) is 5.21. The second-order valence-electron chi connectivity index (χ2n) is 14.1. The van der Waals surface area contributed by atoms with E-state index in [2.05, 4.69) is 161 Å². The number of benzene rings is 7. The summed E-state index contributed by atoms with van der Waals surface area (Å²) in [6.07, 6.45) is 1.88. The predicted octanol–water partition coefficient (Wildman–Crippen LogP) is 12.7. The highest BCUT2D eigenvalue weighted by molar-refractivity contribution is 6.17. The molecule has 0 spiro atoms. The number of hydrogen-bond donors (Lipinski definition) is 0. The lowest BCUT2D eigenvalue weighted by Crippen LogP contribution is -1.97. The second kappa shape index (κ2) is 13.0. The number of pyridine rings is 1. The van der Waals surface area contributed by atoms with Crippen molar-refractivity contribution in [3.05, 3.63) is 200 Å². The van der Waals surface area contributed by atoms with Crippen molar-refractivity contribution >= 4 is 43.7 Å². The van der Waals surface area contributed by atoms with E-state index < -0.39 is 0 Å². The molecule has 262 valence electrons. The standard InChI is InChI=1S/C51H33N5/c1-4-14-34(15-5-1)44-33-45(54-50(53-44)36-16-6-2-7-17-36)35-25-28-39(29-26-35)55-46-23-11-10-20-43(46)49-40(21-12-24-47(49)55)37-27-30-41-42-22-13-31-52-51(42)56(48(41)32-37)38-18-8-3-9-19-38/h1-33H. The van der Waals surface area contributed by atoms with Crippen molar-refractivity contribution in [3.8, 4) is 56.4 Å². The van der Waals surface area contributed by atoms with Gasteiger partial charge in [0.15, 0.2) is 5.82 Å². The van der Waals surface area contributed by atoms with Crippen LogP contribution in [-0.2, 0) is 0 Å². The lowest BCUT2D eigenvalue weighted by atomic mass is 9.98. The van der Waals surface area contributed by atoms with Gasteiger partial charge in [-0.2, -0.15) is 0 Å². The average molecular weight is 716 g/mol. The van der Waals surface area contributed by atoms with E-state index in [-0.39, 0.29) is 0 Å². The van der Waals surface area contributed by atoms with Crippen LogP contribution in [0.15, 0.2) is 200 Å². The van der Waals surface area contributed by atoms with Gasteiger partial charge in [-0.15, -0.1) is 0 Å². The fraction of sp³-hybridized carbons (Fsp3) is 0. The molecule has 11 aromatic rings. The fourth-order valence-corrected chi connectivity index (χ4v) is 8.24. The van der Waals surface area contributed by atoms with E-state index in [9.17, 15) is 0 Å². The lowest BCUT2D eigenvalue weighted by molar-refractivity contribution is 1.14. The van der Waals surface area contributed by atoms with Crippen LogP contribution in [0.25, 0.3) is 100 Å². The van der Waals surface area contributed by atoms with Crippen molar-refractivity contribution in [2.45, 2.75) is 0 Å². The van der Waals surface area contributed by atoms with Crippen molar-refractivity contribution in [1.29, 1.82) is 0 Å². The molecule has 4 aromatic heterocycles. The third-order valence-corrected chi connectivity index (χ3v) is 10.8. The second-order valence-corrected chi connectivity index (χ2v) is 14.1. The monoisotopic (exact) mass is 715 g/mol. The first-order valence-corrected chi connectivity index (χ1v) is 18.9. The molecule has 7 aromatic carbocycles. The molecular weight excluding hydrogens is 683 g/mol. The topological polar surface area (TPSA) is 48.5 Å². The average Bonchev–Trinajstić information content (AvgIpc) is 3.80. The molecule has 5 nitrogen and oxygen atoms in total. The van der Waals surface area contributed by atoms with Gasteiger partial charge in [0.2, 0.25) is 0 Å². The Labute approximate surface area is 323 Å². The van der Waals surface area contributed by atoms with Crippen LogP contribution in [0.3, 0.4) is 0 Å². The van der Waals surface area contributed by atoms with Crippen LogP contribution in [0.2, 0.25) is 0 Å². The summed E-state index contributed by atoms with van der Waals surface area (Å²) < 4.78 is 4.66. The van der Waals surface area contributed by atoms with E-state index in [0.717, 1.165) is 72.6 Å². The van der Waals surface area contributed by atoms with Crippen molar-refractivity contribution in [3.63, 3.8) is 0 Å². The first-order valence-electron chi connectivity index (χ1n) is 18.9. The summed E-state index contributed by atoms with van der Waals surface area (Å²) >= 11 is 0. The van der Waals surface area contributed by atoms with E-state index in [1.54, 1.807) is 0 Å². The van der Waals surface area contributed by atoms with Crippen molar-refractivity contribution in [1.82, 2.24) is 24.1 Å². The Kier molecular flexibility index (Phi) is 7.42. The Morgan fingerprint density at radius 1 is 0.357 bits per heavy atom. The van der Waals surface area contributed by atoms with Gasteiger partial charge in [-0.25, -0.2) is 15.0 Å². The minimum Gasteiger partial charge on any atom is -0.309 e. The molecule has 5 heteroatoms. The Morgan fingerprint density at radius 3 is 1.73 bits per heavy atom. The smallest absolute Gasteiger partial charge is 0.160 e. The molecule has 0 saturated carbocycles. The van der Waals surface area contributed by atoms with Crippen LogP contribution in [0.5, 0.6) is 0 Å². The van der Waals surface area contributed by atoms with Gasteiger partial charge in [0, 0.05) is 55.8 Å². The molecule has 0 bridgehead atoms. The van der Waals surface area contributed by atoms with Gasteiger partial charge in [-0.05, 0) is 71.8 Å². The van der Waals surface area contributed by atoms with Crippen LogP contribution in [-0.4, -0.2) is 24.1 Å². The maximum atomic E-state index is 5.07. The normalized spacial score (nSPS) is 11.6. The van der Waals surface area contributed by atoms with Crippen LogP contribution in [0, 0.1) is 0 Å². The molecule has 0 aliphatic rings. The number of para-hydroxylation sites is 2. The molecule has 11 rings (SSSR count). The zero-order chi connectivity index (χ0) is 37.0. The third-order valence-electron chi connectivity index (χ3n) is 10.8. The number of aromatic nitrogens is 5. The van der Waals surface area contributed by atoms with Gasteiger partial charge in [0.1, 0.15) is 5.65 Å². The Hall–Kier alpha value is -7.63. The van der Waals surface area contributed by atoms with E-state index in [1.165, 1.54) is 21.7 Å². The number of rotatable bonds is 6. The Balaban J connectivity index is 1.06. The molecule has 0 radical (unpaired) electrons. The van der Waals surface area contributed by atoms with E-state index in [1.807, 2.05) is 48.7 Å². The molecule has 4 heterocycles. The SMILES string of the molecule is c1ccc(-c2cc(-c3ccc(-n4c5ccccc5c5c(-c6ccc7c8cccnc8n(-c8ccccc8)c7c6)cccc54)cc3)nc(-c3ccccc3)n2)cc1. The largest absolute Gasteiger partial charge is 0.309 e. The summed E-state index contributed by atoms with van der Waals surface area (Å²) in [5, 5.41) is 4.77. The van der Waals surface area contributed by atoms with Gasteiger partial charge in [-0.3, -0.25) is 4.57 Å². The highest BCUT2D eigenvalue weighted by Crippen LogP contribution is 2.41. The molecule has 0 aliphatic carbocycles. The summed E-state index contributed by atoms with van der Waals surface area (Å²) in [5.41, 5.74) is 13.8. The summed E-state index contributed by atoms with van der Waals surface area (Å²) in [4.78, 5) is 14.9. The maximum Gasteiger partial charge on any atom is 0.160 e. The maximum absolute atomic E-state index is 5.07. The van der Waals surface area contributed by atoms with Crippen LogP contribution in [0.4, 0.5) is 0 Å². The molecule has 56 heavy (non-hydrogen) atoms. The van der Waals surface area contributed by atoms with Crippen LogP contribution < -0.4 is 0 Å². The fourth-order valence-electron chi connectivity index (χ4n) is 8.24. The van der Waals surface area contributed by atoms with E-state index in [4.69, 9.17) is 15.0 Å². The highest BCUT2D eigenvalue weighted by atomic mass is 15.0. The number of hydrogen-bond acceptors (Lipinski definition) is 3. The molecule has 0 amide bonds. The van der Waals surface area contributed by atoms with Crippen LogP contribution >= 0.6 is 0 Å². The van der Waals surface area contributed by atoms with Crippen molar-refractivity contribution in [2.75, 3.05) is 0 Å². The summed E-state index contributed by atoms with van der Waals surface area (Å²) in [6.45, 7) is 0. The lowest BCUT2D eigenvalue weighted by Gasteiger charge is -2.12. The summed E-state index contributed by atoms with van der Waals surface area (Å²) in [5.74, 6) is 0.708. The molecule has 0 fully saturated rings. The molecule has 0 N–H and O–H groups in total. The highest BCUT2D eigenvalue weighted by Gasteiger charge is 2.19. The Bertz CT molecular complexity index is 3160. The van der Waals surface area contributed by atoms with Gasteiger partial charge < -0.3 is 4.57 Å². The number of fused-ring (bicyclic) bond motifs is 6. The zero-order valence-electron chi connectivity index (χ0n) is 30.3. The quantitative estimate of drug-likeness (QED) is 0.172. The van der Waals surface area contributed by atoms with Gasteiger partial charge in [-0.1, -0.05) is 133 Å². The summed E-state index contributed by atoms with van der Waals surface area (Å²) in [6, 6.07) is 68.3. The van der Waals surface area contributed by atoms with Gasteiger partial charge >= 0.3 is 0 Å². The molecule has 0 unspecified atom stereocenters. The van der Waals surface area contributed by atoms with E-state index in [0.29, 0.717) is 5.82 Å². The minimum absolute atomic E-state index is 0.708. The first kappa shape index (κ1) is 31.9. The van der Waals surface area contributed by atoms with Crippen molar-refractivity contribution < 1.29 is 0 Å². The van der Waals surface area contributed by atoms with Gasteiger partial charge in [0.25, 0.3) is 0 Å². The molecular formula is C51H33N5. The molecule has 0 aliphatic heterocycles. The first-order chi connectivity index (χ1) is 27.8. The molecule has 0 saturated heterocycles. The zero-order valence-corrected chi connectivity index (χ0v) is 30.3. The predicted molar refractivity (Wildman–Crippen MR) is 230 cm³/mol. The van der Waals surface area contributed by atoms with Crippen molar-refractivity contribution in [2.24, 2.45) is 0 Å². The number of nitrogens with zero attached hydrogens (tertiary/aromatic N) is 5. The Morgan fingerprint density at radius 2 is 0.964 bits per heavy atom. The van der Waals surface area contributed by atoms with E-state index >= 15 is 0 Å². The van der Waals surface area contributed by atoms with Gasteiger partial charge in [0.05, 0.1) is 27.9 Å².